The fraction of sp³-hybridized carbons (Fsp3) is 0.267. The molecule has 0 bridgehead atoms. The van der Waals surface area contributed by atoms with Gasteiger partial charge in [0.05, 0.1) is 16.9 Å². The van der Waals surface area contributed by atoms with Crippen molar-refractivity contribution in [2.24, 2.45) is 0 Å². The predicted molar refractivity (Wildman–Crippen MR) is 84.3 cm³/mol. The lowest BCUT2D eigenvalue weighted by Gasteiger charge is -2.20. The smallest absolute Gasteiger partial charge is 0.324 e. The average molecular weight is 338 g/mol. The van der Waals surface area contributed by atoms with Crippen LogP contribution in [0.15, 0.2) is 30.3 Å². The summed E-state index contributed by atoms with van der Waals surface area (Å²) in [6, 6.07) is 7.22. The first-order valence-corrected chi connectivity index (χ1v) is 7.63. The second-order valence-corrected chi connectivity index (χ2v) is 5.75. The molecule has 0 atom stereocenters. The molecule has 2 rings (SSSR count). The Morgan fingerprint density at radius 1 is 1.39 bits per heavy atom. The summed E-state index contributed by atoms with van der Waals surface area (Å²) in [4.78, 5) is 24.4. The summed E-state index contributed by atoms with van der Waals surface area (Å²) in [5.41, 5.74) is 0.615. The number of hydrogen-bond acceptors (Lipinski definition) is 5. The third kappa shape index (κ3) is 3.84. The molecule has 8 heteroatoms. The number of ether oxygens (including phenoxy) is 1. The maximum atomic E-state index is 13.7. The summed E-state index contributed by atoms with van der Waals surface area (Å²) in [7, 11) is 1.38. The molecule has 0 aliphatic heterocycles. The van der Waals surface area contributed by atoms with Crippen LogP contribution in [-0.2, 0) is 6.54 Å². The van der Waals surface area contributed by atoms with E-state index in [0.717, 1.165) is 11.3 Å². The molecule has 0 saturated carbocycles. The third-order valence-corrected chi connectivity index (χ3v) is 4.27. The number of nitrogens with zero attached hydrogens (tertiary/aromatic N) is 2. The number of carbonyl (C=O) groups excluding carboxylic acids is 1. The van der Waals surface area contributed by atoms with Gasteiger partial charge in [-0.25, -0.2) is 4.39 Å². The molecule has 0 aliphatic rings. The standard InChI is InChI=1S/C15H15FN2O4S/c1-3-17(9-10-4-5-12(22-2)11(16)8-10)15(19)13-6-7-14(23-13)18(20)21/h4-8H,3,9H2,1-2H3. The van der Waals surface area contributed by atoms with Crippen molar-refractivity contribution in [2.45, 2.75) is 13.5 Å². The van der Waals surface area contributed by atoms with Crippen molar-refractivity contribution < 1.29 is 18.8 Å². The van der Waals surface area contributed by atoms with E-state index in [-0.39, 0.29) is 28.1 Å². The molecular formula is C15H15FN2O4S. The van der Waals surface area contributed by atoms with Gasteiger partial charge in [0.15, 0.2) is 11.6 Å². The quantitative estimate of drug-likeness (QED) is 0.597. The molecule has 0 saturated heterocycles. The molecule has 0 unspecified atom stereocenters. The molecule has 0 aliphatic carbocycles. The summed E-state index contributed by atoms with van der Waals surface area (Å²) in [6.07, 6.45) is 0. The Labute approximate surface area is 136 Å². The van der Waals surface area contributed by atoms with E-state index >= 15 is 0 Å². The minimum atomic E-state index is -0.531. The zero-order valence-electron chi connectivity index (χ0n) is 12.6. The highest BCUT2D eigenvalue weighted by atomic mass is 32.1. The first-order valence-electron chi connectivity index (χ1n) is 6.82. The monoisotopic (exact) mass is 338 g/mol. The van der Waals surface area contributed by atoms with Crippen LogP contribution in [0.4, 0.5) is 9.39 Å². The lowest BCUT2D eigenvalue weighted by molar-refractivity contribution is -0.380. The van der Waals surface area contributed by atoms with Gasteiger partial charge in [-0.1, -0.05) is 17.4 Å². The fourth-order valence-corrected chi connectivity index (χ4v) is 2.84. The maximum absolute atomic E-state index is 13.7. The molecule has 0 N–H and O–H groups in total. The highest BCUT2D eigenvalue weighted by molar-refractivity contribution is 7.17. The summed E-state index contributed by atoms with van der Waals surface area (Å²) in [6.45, 7) is 2.40. The van der Waals surface area contributed by atoms with E-state index in [0.29, 0.717) is 12.1 Å². The second kappa shape index (κ2) is 7.19. The molecule has 1 aromatic heterocycles. The number of carbonyl (C=O) groups is 1. The summed E-state index contributed by atoms with van der Waals surface area (Å²) in [5, 5.41) is 10.6. The zero-order chi connectivity index (χ0) is 17.0. The molecule has 0 spiro atoms. The molecule has 0 radical (unpaired) electrons. The Morgan fingerprint density at radius 3 is 2.65 bits per heavy atom. The van der Waals surface area contributed by atoms with E-state index in [2.05, 4.69) is 0 Å². The van der Waals surface area contributed by atoms with Gasteiger partial charge in [0, 0.05) is 19.2 Å². The van der Waals surface area contributed by atoms with Gasteiger partial charge in [0.2, 0.25) is 0 Å². The maximum Gasteiger partial charge on any atom is 0.324 e. The van der Waals surface area contributed by atoms with Crippen LogP contribution in [0.1, 0.15) is 22.2 Å². The van der Waals surface area contributed by atoms with Gasteiger partial charge in [0.1, 0.15) is 0 Å². The lowest BCUT2D eigenvalue weighted by Crippen LogP contribution is -2.29. The summed E-state index contributed by atoms with van der Waals surface area (Å²) in [5.74, 6) is -0.681. The zero-order valence-corrected chi connectivity index (χ0v) is 13.4. The van der Waals surface area contributed by atoms with E-state index < -0.39 is 10.7 Å². The van der Waals surface area contributed by atoms with Crippen LogP contribution in [0, 0.1) is 15.9 Å². The van der Waals surface area contributed by atoms with E-state index in [4.69, 9.17) is 4.74 Å². The van der Waals surface area contributed by atoms with Gasteiger partial charge < -0.3 is 9.64 Å². The Hall–Kier alpha value is -2.48. The first kappa shape index (κ1) is 16.9. The number of amides is 1. The minimum Gasteiger partial charge on any atom is -0.494 e. The number of methoxy groups -OCH3 is 1. The van der Waals surface area contributed by atoms with Crippen molar-refractivity contribution in [2.75, 3.05) is 13.7 Å². The van der Waals surface area contributed by atoms with E-state index in [1.165, 1.54) is 36.3 Å². The average Bonchev–Trinajstić information content (AvgIpc) is 3.02. The van der Waals surface area contributed by atoms with Gasteiger partial charge >= 0.3 is 5.00 Å². The summed E-state index contributed by atoms with van der Waals surface area (Å²) < 4.78 is 18.6. The molecule has 1 aromatic carbocycles. The highest BCUT2D eigenvalue weighted by Gasteiger charge is 2.20. The third-order valence-electron chi connectivity index (χ3n) is 3.24. The Kier molecular flexibility index (Phi) is 5.28. The second-order valence-electron chi connectivity index (χ2n) is 4.68. The fourth-order valence-electron chi connectivity index (χ4n) is 2.05. The predicted octanol–water partition coefficient (Wildman–Crippen LogP) is 3.47. The van der Waals surface area contributed by atoms with Crippen molar-refractivity contribution in [3.63, 3.8) is 0 Å². The van der Waals surface area contributed by atoms with Crippen LogP contribution in [0.2, 0.25) is 0 Å². The number of halogens is 1. The highest BCUT2D eigenvalue weighted by Crippen LogP contribution is 2.26. The van der Waals surface area contributed by atoms with Gasteiger partial charge in [0.25, 0.3) is 5.91 Å². The number of nitro groups is 1. The lowest BCUT2D eigenvalue weighted by atomic mass is 10.2. The van der Waals surface area contributed by atoms with Crippen LogP contribution < -0.4 is 4.74 Å². The van der Waals surface area contributed by atoms with Crippen LogP contribution in [0.25, 0.3) is 0 Å². The molecule has 2 aromatic rings. The Balaban J connectivity index is 2.16. The van der Waals surface area contributed by atoms with Crippen molar-refractivity contribution in [1.82, 2.24) is 4.90 Å². The van der Waals surface area contributed by atoms with Crippen LogP contribution in [0.5, 0.6) is 5.75 Å². The van der Waals surface area contributed by atoms with Gasteiger partial charge in [-0.15, -0.1) is 0 Å². The Bertz CT molecular complexity index is 732. The van der Waals surface area contributed by atoms with Crippen molar-refractivity contribution >= 4 is 22.2 Å². The number of hydrogen-bond donors (Lipinski definition) is 0. The van der Waals surface area contributed by atoms with E-state index in [1.54, 1.807) is 13.0 Å². The molecule has 6 nitrogen and oxygen atoms in total. The van der Waals surface area contributed by atoms with Gasteiger partial charge in [-0.05, 0) is 30.7 Å². The van der Waals surface area contributed by atoms with Gasteiger partial charge in [-0.3, -0.25) is 14.9 Å². The molecule has 23 heavy (non-hydrogen) atoms. The largest absolute Gasteiger partial charge is 0.494 e. The molecular weight excluding hydrogens is 323 g/mol. The van der Waals surface area contributed by atoms with E-state index in [1.807, 2.05) is 0 Å². The van der Waals surface area contributed by atoms with Crippen LogP contribution in [0.3, 0.4) is 0 Å². The molecule has 1 heterocycles. The molecule has 0 fully saturated rings. The number of benzene rings is 1. The van der Waals surface area contributed by atoms with Crippen LogP contribution >= 0.6 is 11.3 Å². The Morgan fingerprint density at radius 2 is 2.13 bits per heavy atom. The van der Waals surface area contributed by atoms with Crippen LogP contribution in [-0.4, -0.2) is 29.4 Å². The molecule has 1 amide bonds. The van der Waals surface area contributed by atoms with E-state index in [9.17, 15) is 19.3 Å². The SMILES string of the molecule is CCN(Cc1ccc(OC)c(F)c1)C(=O)c1ccc([N+](=O)[O-])s1. The first-order chi connectivity index (χ1) is 11.0. The van der Waals surface area contributed by atoms with Crippen molar-refractivity contribution in [3.8, 4) is 5.75 Å². The van der Waals surface area contributed by atoms with Gasteiger partial charge in [-0.2, -0.15) is 0 Å². The van der Waals surface area contributed by atoms with Crippen molar-refractivity contribution in [1.29, 1.82) is 0 Å². The van der Waals surface area contributed by atoms with Crippen molar-refractivity contribution in [3.05, 3.63) is 56.7 Å². The normalized spacial score (nSPS) is 10.4. The topological polar surface area (TPSA) is 72.7 Å². The number of thiophene rings is 1. The summed E-state index contributed by atoms with van der Waals surface area (Å²) >= 11 is 0.828. The number of rotatable bonds is 6. The minimum absolute atomic E-state index is 0.0834. The molecule has 122 valence electrons.